The number of anilines is 1. The molecule has 0 bridgehead atoms. The van der Waals surface area contributed by atoms with E-state index in [-0.39, 0.29) is 35.2 Å². The highest BCUT2D eigenvalue weighted by atomic mass is 19.1. The molecule has 5 rings (SSSR count). The maximum Gasteiger partial charge on any atom is 0.315 e. The summed E-state index contributed by atoms with van der Waals surface area (Å²) in [6.45, 7) is 0.896. The van der Waals surface area contributed by atoms with Crippen molar-refractivity contribution in [1.82, 2.24) is 14.9 Å². The summed E-state index contributed by atoms with van der Waals surface area (Å²) in [4.78, 5) is 45.3. The van der Waals surface area contributed by atoms with E-state index < -0.39 is 21.9 Å². The maximum atomic E-state index is 13.9. The summed E-state index contributed by atoms with van der Waals surface area (Å²) in [6, 6.07) is 8.65. The Labute approximate surface area is 190 Å². The summed E-state index contributed by atoms with van der Waals surface area (Å²) in [5, 5.41) is 11.0. The first-order valence-corrected chi connectivity index (χ1v) is 10.4. The van der Waals surface area contributed by atoms with Crippen molar-refractivity contribution in [3.63, 3.8) is 0 Å². The van der Waals surface area contributed by atoms with Gasteiger partial charge in [-0.05, 0) is 30.3 Å². The second-order valence-electron chi connectivity index (χ2n) is 8.07. The standard InChI is InChI=1S/C23H18FN5O5/c24-14-7-16-20(30)13(11-34-21(16)19(8-14)29(32)33)9-28-6-5-18-17(10-28)23(31)27-22(26-18)12-1-3-15(25)4-2-12/h1-4,7-8,11H,5-6,9-10,25H2,(H,26,27,31). The number of halogens is 1. The monoisotopic (exact) mass is 463 g/mol. The number of fused-ring (bicyclic) bond motifs is 2. The van der Waals surface area contributed by atoms with E-state index in [1.54, 1.807) is 24.3 Å². The topological polar surface area (TPSA) is 148 Å². The molecule has 3 heterocycles. The van der Waals surface area contributed by atoms with Crippen LogP contribution < -0.4 is 16.7 Å². The molecule has 34 heavy (non-hydrogen) atoms. The Kier molecular flexibility index (Phi) is 5.17. The second kappa shape index (κ2) is 8.19. The molecule has 0 unspecified atom stereocenters. The Morgan fingerprint density at radius 2 is 2.00 bits per heavy atom. The highest BCUT2D eigenvalue weighted by molar-refractivity contribution is 5.85. The van der Waals surface area contributed by atoms with Crippen molar-refractivity contribution in [3.8, 4) is 11.4 Å². The number of nitrogens with two attached hydrogens (primary N) is 1. The molecular formula is C23H18FN5O5. The third kappa shape index (κ3) is 3.82. The number of nitrogens with zero attached hydrogens (tertiary/aromatic N) is 3. The maximum absolute atomic E-state index is 13.9. The van der Waals surface area contributed by atoms with E-state index in [4.69, 9.17) is 10.2 Å². The predicted octanol–water partition coefficient (Wildman–Crippen LogP) is 2.73. The van der Waals surface area contributed by atoms with Crippen molar-refractivity contribution in [2.24, 2.45) is 0 Å². The third-order valence-corrected chi connectivity index (χ3v) is 5.81. The van der Waals surface area contributed by atoms with Crippen molar-refractivity contribution in [2.45, 2.75) is 19.5 Å². The fourth-order valence-electron chi connectivity index (χ4n) is 4.11. The van der Waals surface area contributed by atoms with E-state index in [0.717, 1.165) is 17.9 Å². The Morgan fingerprint density at radius 1 is 1.24 bits per heavy atom. The van der Waals surface area contributed by atoms with Crippen LogP contribution in [0.4, 0.5) is 15.8 Å². The SMILES string of the molecule is Nc1ccc(-c2nc3c(c(=O)[nH]2)CN(Cc2coc4c([N+](=O)[O-])cc(F)cc4c2=O)CC3)cc1. The minimum Gasteiger partial charge on any atom is -0.456 e. The van der Waals surface area contributed by atoms with Crippen LogP contribution in [0.1, 0.15) is 16.8 Å². The average Bonchev–Trinajstić information content (AvgIpc) is 2.81. The fourth-order valence-corrected chi connectivity index (χ4v) is 4.11. The van der Waals surface area contributed by atoms with Crippen molar-refractivity contribution >= 4 is 22.3 Å². The van der Waals surface area contributed by atoms with Crippen LogP contribution in [0.15, 0.2) is 56.7 Å². The molecule has 2 aromatic heterocycles. The average molecular weight is 463 g/mol. The Morgan fingerprint density at radius 3 is 2.74 bits per heavy atom. The van der Waals surface area contributed by atoms with Crippen LogP contribution in [0, 0.1) is 15.9 Å². The first kappa shape index (κ1) is 21.5. The van der Waals surface area contributed by atoms with Gasteiger partial charge in [0.1, 0.15) is 11.6 Å². The molecule has 1 aliphatic heterocycles. The number of hydrogen-bond donors (Lipinski definition) is 2. The quantitative estimate of drug-likeness (QED) is 0.267. The zero-order valence-electron chi connectivity index (χ0n) is 17.7. The Hall–Kier alpha value is -4.38. The highest BCUT2D eigenvalue weighted by Gasteiger charge is 2.24. The number of non-ortho nitro benzene ring substituents is 1. The van der Waals surface area contributed by atoms with Gasteiger partial charge in [-0.1, -0.05) is 0 Å². The Bertz CT molecular complexity index is 1560. The molecule has 0 fully saturated rings. The lowest BCUT2D eigenvalue weighted by Crippen LogP contribution is -2.36. The van der Waals surface area contributed by atoms with Gasteiger partial charge in [0.05, 0.1) is 33.9 Å². The number of hydrogen-bond acceptors (Lipinski definition) is 8. The lowest BCUT2D eigenvalue weighted by molar-refractivity contribution is -0.383. The number of rotatable bonds is 4. The number of aromatic nitrogens is 2. The highest BCUT2D eigenvalue weighted by Crippen LogP contribution is 2.26. The van der Waals surface area contributed by atoms with E-state index in [2.05, 4.69) is 9.97 Å². The summed E-state index contributed by atoms with van der Waals surface area (Å²) in [5.41, 5.74) is 6.73. The van der Waals surface area contributed by atoms with E-state index in [0.29, 0.717) is 41.8 Å². The van der Waals surface area contributed by atoms with Crippen LogP contribution in [0.2, 0.25) is 0 Å². The lowest BCUT2D eigenvalue weighted by Gasteiger charge is -2.27. The minimum absolute atomic E-state index is 0.126. The van der Waals surface area contributed by atoms with Crippen LogP contribution >= 0.6 is 0 Å². The van der Waals surface area contributed by atoms with Crippen LogP contribution in [-0.4, -0.2) is 26.3 Å². The van der Waals surface area contributed by atoms with Gasteiger partial charge in [-0.15, -0.1) is 0 Å². The number of nitro benzene ring substituents is 1. The zero-order chi connectivity index (χ0) is 24.0. The van der Waals surface area contributed by atoms with Gasteiger partial charge in [-0.25, -0.2) is 9.37 Å². The number of H-pyrrole nitrogens is 1. The molecule has 0 atom stereocenters. The molecular weight excluding hydrogens is 445 g/mol. The van der Waals surface area contributed by atoms with E-state index in [1.165, 1.54) is 0 Å². The first-order chi connectivity index (χ1) is 16.3. The first-order valence-electron chi connectivity index (χ1n) is 10.4. The molecule has 0 amide bonds. The summed E-state index contributed by atoms with van der Waals surface area (Å²) in [5.74, 6) is -0.443. The molecule has 0 saturated heterocycles. The molecule has 2 aromatic carbocycles. The molecule has 0 aliphatic carbocycles. The summed E-state index contributed by atoms with van der Waals surface area (Å²) < 4.78 is 19.2. The van der Waals surface area contributed by atoms with E-state index >= 15 is 0 Å². The van der Waals surface area contributed by atoms with E-state index in [1.807, 2.05) is 4.90 Å². The largest absolute Gasteiger partial charge is 0.456 e. The molecule has 4 aromatic rings. The van der Waals surface area contributed by atoms with Gasteiger partial charge >= 0.3 is 5.69 Å². The van der Waals surface area contributed by atoms with Gasteiger partial charge in [0.2, 0.25) is 5.58 Å². The normalized spacial score (nSPS) is 13.7. The number of benzene rings is 2. The zero-order valence-corrected chi connectivity index (χ0v) is 17.7. The van der Waals surface area contributed by atoms with Gasteiger partial charge in [-0.2, -0.15) is 0 Å². The summed E-state index contributed by atoms with van der Waals surface area (Å²) >= 11 is 0. The summed E-state index contributed by atoms with van der Waals surface area (Å²) in [7, 11) is 0. The number of aromatic amines is 1. The fraction of sp³-hybridized carbons (Fsp3) is 0.174. The van der Waals surface area contributed by atoms with Crippen LogP contribution in [0.25, 0.3) is 22.4 Å². The Balaban J connectivity index is 1.43. The van der Waals surface area contributed by atoms with Crippen molar-refractivity contribution in [2.75, 3.05) is 12.3 Å². The number of nitrogen functional groups attached to an aromatic ring is 1. The summed E-state index contributed by atoms with van der Waals surface area (Å²) in [6.07, 6.45) is 1.64. The minimum atomic E-state index is -0.898. The number of nitrogens with one attached hydrogen (secondary N) is 1. The van der Waals surface area contributed by atoms with Crippen LogP contribution in [-0.2, 0) is 19.5 Å². The van der Waals surface area contributed by atoms with Crippen LogP contribution in [0.5, 0.6) is 0 Å². The molecule has 172 valence electrons. The van der Waals surface area contributed by atoms with E-state index in [9.17, 15) is 24.1 Å². The molecule has 3 N–H and O–H groups in total. The van der Waals surface area contributed by atoms with Crippen molar-refractivity contribution < 1.29 is 13.7 Å². The molecule has 10 nitrogen and oxygen atoms in total. The van der Waals surface area contributed by atoms with Gasteiger partial charge in [-0.3, -0.25) is 24.6 Å². The lowest BCUT2D eigenvalue weighted by atomic mass is 10.0. The molecule has 0 saturated carbocycles. The molecule has 0 spiro atoms. The van der Waals surface area contributed by atoms with Gasteiger partial charge in [0.15, 0.2) is 5.43 Å². The smallest absolute Gasteiger partial charge is 0.315 e. The second-order valence-corrected chi connectivity index (χ2v) is 8.07. The van der Waals surface area contributed by atoms with Gasteiger partial charge < -0.3 is 15.1 Å². The molecule has 0 radical (unpaired) electrons. The molecule has 11 heteroatoms. The third-order valence-electron chi connectivity index (χ3n) is 5.81. The number of nitro groups is 1. The van der Waals surface area contributed by atoms with Crippen molar-refractivity contribution in [1.29, 1.82) is 0 Å². The predicted molar refractivity (Wildman–Crippen MR) is 122 cm³/mol. The van der Waals surface area contributed by atoms with Crippen LogP contribution in [0.3, 0.4) is 0 Å². The molecule has 1 aliphatic rings. The van der Waals surface area contributed by atoms with Gasteiger partial charge in [0.25, 0.3) is 5.56 Å². The van der Waals surface area contributed by atoms with Crippen molar-refractivity contribution in [3.05, 3.63) is 96.0 Å². The van der Waals surface area contributed by atoms with Gasteiger partial charge in [0, 0.05) is 42.9 Å².